The predicted octanol–water partition coefficient (Wildman–Crippen LogP) is 3.50. The molecule has 2 N–H and O–H groups in total. The molecule has 1 saturated carbocycles. The molecule has 0 amide bonds. The number of nitrogens with zero attached hydrogens (tertiary/aromatic N) is 1. The molecule has 0 aliphatic heterocycles. The second-order valence-corrected chi connectivity index (χ2v) is 5.06. The van der Waals surface area contributed by atoms with E-state index in [1.54, 1.807) is 0 Å². The molecule has 1 heterocycles. The number of anilines is 2. The molecule has 17 heavy (non-hydrogen) atoms. The minimum Gasteiger partial charge on any atom is -0.370 e. The smallest absolute Gasteiger partial charge is 0.128 e. The molecule has 3 heteroatoms. The van der Waals surface area contributed by atoms with Crippen LogP contribution in [-0.4, -0.2) is 17.6 Å². The van der Waals surface area contributed by atoms with Crippen LogP contribution in [0.1, 0.15) is 39.5 Å². The Kier molecular flexibility index (Phi) is 4.24. The van der Waals surface area contributed by atoms with E-state index in [2.05, 4.69) is 35.5 Å². The van der Waals surface area contributed by atoms with Gasteiger partial charge in [-0.1, -0.05) is 25.8 Å². The zero-order valence-electron chi connectivity index (χ0n) is 10.9. The summed E-state index contributed by atoms with van der Waals surface area (Å²) in [6.07, 6.45) is 5.22. The van der Waals surface area contributed by atoms with Gasteiger partial charge in [-0.3, -0.25) is 0 Å². The van der Waals surface area contributed by atoms with Gasteiger partial charge in [-0.2, -0.15) is 0 Å². The van der Waals surface area contributed by atoms with Crippen molar-refractivity contribution in [3.05, 3.63) is 18.2 Å². The molecular weight excluding hydrogens is 210 g/mol. The second-order valence-electron chi connectivity index (χ2n) is 5.06. The maximum atomic E-state index is 4.56. The summed E-state index contributed by atoms with van der Waals surface area (Å²) >= 11 is 0. The van der Waals surface area contributed by atoms with E-state index in [1.165, 1.54) is 19.3 Å². The van der Waals surface area contributed by atoms with Gasteiger partial charge < -0.3 is 10.6 Å². The van der Waals surface area contributed by atoms with Gasteiger partial charge in [-0.25, -0.2) is 4.98 Å². The molecule has 1 aromatic rings. The van der Waals surface area contributed by atoms with E-state index >= 15 is 0 Å². The van der Waals surface area contributed by atoms with Gasteiger partial charge in [-0.15, -0.1) is 0 Å². The van der Waals surface area contributed by atoms with Crippen molar-refractivity contribution < 1.29 is 0 Å². The first-order chi connectivity index (χ1) is 8.28. The summed E-state index contributed by atoms with van der Waals surface area (Å²) in [4.78, 5) is 4.56. The molecule has 0 radical (unpaired) electrons. The van der Waals surface area contributed by atoms with Gasteiger partial charge in [0.25, 0.3) is 0 Å². The fourth-order valence-corrected chi connectivity index (χ4v) is 2.03. The van der Waals surface area contributed by atoms with Gasteiger partial charge in [0.2, 0.25) is 0 Å². The zero-order valence-corrected chi connectivity index (χ0v) is 10.9. The third kappa shape index (κ3) is 4.25. The molecule has 1 aliphatic carbocycles. The maximum absolute atomic E-state index is 4.56. The van der Waals surface area contributed by atoms with Crippen molar-refractivity contribution in [3.8, 4) is 0 Å². The highest BCUT2D eigenvalue weighted by Gasteiger charge is 2.23. The minimum atomic E-state index is 0.524. The van der Waals surface area contributed by atoms with Crippen molar-refractivity contribution in [1.82, 2.24) is 4.98 Å². The Bertz CT molecular complexity index is 347. The van der Waals surface area contributed by atoms with Crippen molar-refractivity contribution in [2.45, 2.75) is 45.6 Å². The first-order valence-corrected chi connectivity index (χ1v) is 6.75. The van der Waals surface area contributed by atoms with Crippen molar-refractivity contribution in [1.29, 1.82) is 0 Å². The van der Waals surface area contributed by atoms with E-state index in [-0.39, 0.29) is 0 Å². The Morgan fingerprint density at radius 1 is 1.35 bits per heavy atom. The Morgan fingerprint density at radius 2 is 2.12 bits per heavy atom. The molecule has 1 atom stereocenters. The third-order valence-electron chi connectivity index (χ3n) is 3.08. The summed E-state index contributed by atoms with van der Waals surface area (Å²) in [7, 11) is 0. The van der Waals surface area contributed by atoms with Crippen LogP contribution in [0.3, 0.4) is 0 Å². The highest BCUT2D eigenvalue weighted by Crippen LogP contribution is 2.33. The Morgan fingerprint density at radius 3 is 2.82 bits per heavy atom. The SMILES string of the molecule is CCCNc1cccc(NC(C)CC2CC2)n1. The minimum absolute atomic E-state index is 0.524. The molecule has 1 fully saturated rings. The van der Waals surface area contributed by atoms with Crippen molar-refractivity contribution in [2.75, 3.05) is 17.2 Å². The van der Waals surface area contributed by atoms with Crippen LogP contribution >= 0.6 is 0 Å². The average molecular weight is 233 g/mol. The van der Waals surface area contributed by atoms with Crippen molar-refractivity contribution in [2.24, 2.45) is 5.92 Å². The van der Waals surface area contributed by atoms with Crippen LogP contribution < -0.4 is 10.6 Å². The first-order valence-electron chi connectivity index (χ1n) is 6.75. The summed E-state index contributed by atoms with van der Waals surface area (Å²) in [5, 5.41) is 6.79. The summed E-state index contributed by atoms with van der Waals surface area (Å²) in [5.74, 6) is 2.91. The lowest BCUT2D eigenvalue weighted by molar-refractivity contribution is 0.640. The number of nitrogens with one attached hydrogen (secondary N) is 2. The topological polar surface area (TPSA) is 37.0 Å². The fourth-order valence-electron chi connectivity index (χ4n) is 2.03. The molecule has 2 rings (SSSR count). The summed E-state index contributed by atoms with van der Waals surface area (Å²) in [5.41, 5.74) is 0. The molecule has 94 valence electrons. The maximum Gasteiger partial charge on any atom is 0.128 e. The van der Waals surface area contributed by atoms with Crippen molar-refractivity contribution >= 4 is 11.6 Å². The lowest BCUT2D eigenvalue weighted by Crippen LogP contribution is -2.17. The summed E-state index contributed by atoms with van der Waals surface area (Å²) in [6.45, 7) is 5.38. The van der Waals surface area contributed by atoms with E-state index in [4.69, 9.17) is 0 Å². The Hall–Kier alpha value is -1.25. The van der Waals surface area contributed by atoms with Crippen LogP contribution in [0.4, 0.5) is 11.6 Å². The van der Waals surface area contributed by atoms with Gasteiger partial charge in [0, 0.05) is 12.6 Å². The number of hydrogen-bond acceptors (Lipinski definition) is 3. The molecule has 1 aromatic heterocycles. The molecule has 3 nitrogen and oxygen atoms in total. The van der Waals surface area contributed by atoms with Gasteiger partial charge >= 0.3 is 0 Å². The van der Waals surface area contributed by atoms with Gasteiger partial charge in [0.05, 0.1) is 0 Å². The van der Waals surface area contributed by atoms with Crippen LogP contribution in [0.5, 0.6) is 0 Å². The van der Waals surface area contributed by atoms with Crippen molar-refractivity contribution in [3.63, 3.8) is 0 Å². The lowest BCUT2D eigenvalue weighted by Gasteiger charge is -2.14. The highest BCUT2D eigenvalue weighted by atomic mass is 15.1. The van der Waals surface area contributed by atoms with E-state index in [0.717, 1.165) is 30.5 Å². The molecular formula is C14H23N3. The molecule has 0 bridgehead atoms. The molecule has 0 saturated heterocycles. The summed E-state index contributed by atoms with van der Waals surface area (Å²) < 4.78 is 0. The number of hydrogen-bond donors (Lipinski definition) is 2. The predicted molar refractivity (Wildman–Crippen MR) is 73.4 cm³/mol. The second kappa shape index (κ2) is 5.89. The molecule has 0 aromatic carbocycles. The average Bonchev–Trinajstić information content (AvgIpc) is 3.10. The third-order valence-corrected chi connectivity index (χ3v) is 3.08. The highest BCUT2D eigenvalue weighted by molar-refractivity contribution is 5.45. The van der Waals surface area contributed by atoms with E-state index in [1.807, 2.05) is 12.1 Å². The van der Waals surface area contributed by atoms with Crippen LogP contribution in [0.2, 0.25) is 0 Å². The first kappa shape index (κ1) is 12.2. The Labute approximate surface area is 104 Å². The monoisotopic (exact) mass is 233 g/mol. The quantitative estimate of drug-likeness (QED) is 0.756. The lowest BCUT2D eigenvalue weighted by atomic mass is 10.1. The van der Waals surface area contributed by atoms with Crippen LogP contribution in [-0.2, 0) is 0 Å². The number of aromatic nitrogens is 1. The molecule has 1 aliphatic rings. The van der Waals surface area contributed by atoms with Crippen LogP contribution in [0.25, 0.3) is 0 Å². The van der Waals surface area contributed by atoms with Gasteiger partial charge in [0.1, 0.15) is 11.6 Å². The van der Waals surface area contributed by atoms with E-state index < -0.39 is 0 Å². The fraction of sp³-hybridized carbons (Fsp3) is 0.643. The molecule has 1 unspecified atom stereocenters. The molecule has 0 spiro atoms. The van der Waals surface area contributed by atoms with Crippen LogP contribution in [0, 0.1) is 5.92 Å². The number of rotatable bonds is 7. The zero-order chi connectivity index (χ0) is 12.1. The largest absolute Gasteiger partial charge is 0.370 e. The summed E-state index contributed by atoms with van der Waals surface area (Å²) in [6, 6.07) is 6.64. The van der Waals surface area contributed by atoms with E-state index in [0.29, 0.717) is 6.04 Å². The van der Waals surface area contributed by atoms with Crippen LogP contribution in [0.15, 0.2) is 18.2 Å². The van der Waals surface area contributed by atoms with E-state index in [9.17, 15) is 0 Å². The number of pyridine rings is 1. The van der Waals surface area contributed by atoms with Gasteiger partial charge in [0.15, 0.2) is 0 Å². The Balaban J connectivity index is 1.85. The normalized spacial score (nSPS) is 16.6. The van der Waals surface area contributed by atoms with Gasteiger partial charge in [-0.05, 0) is 37.8 Å². The standard InChI is InChI=1S/C14H23N3/c1-3-9-15-13-5-4-6-14(17-13)16-11(2)10-12-7-8-12/h4-6,11-12H,3,7-10H2,1-2H3,(H2,15,16,17).